The zero-order valence-corrected chi connectivity index (χ0v) is 7.61. The van der Waals surface area contributed by atoms with Gasteiger partial charge in [-0.25, -0.2) is 0 Å². The first-order chi connectivity index (χ1) is 6.38. The molecule has 4 heteroatoms. The van der Waals surface area contributed by atoms with E-state index in [-0.39, 0.29) is 6.61 Å². The Balaban J connectivity index is 1.81. The van der Waals surface area contributed by atoms with Gasteiger partial charge in [0.25, 0.3) is 0 Å². The monoisotopic (exact) mass is 181 g/mol. The highest BCUT2D eigenvalue weighted by molar-refractivity contribution is 5.04. The minimum atomic E-state index is 0.150. The van der Waals surface area contributed by atoms with Crippen molar-refractivity contribution in [1.29, 1.82) is 0 Å². The number of aliphatic hydroxyl groups excluding tert-OH is 1. The van der Waals surface area contributed by atoms with Crippen LogP contribution in [0.1, 0.15) is 18.4 Å². The van der Waals surface area contributed by atoms with Crippen LogP contribution in [0.25, 0.3) is 0 Å². The number of hydrogen-bond acceptors (Lipinski definition) is 3. The molecule has 2 rings (SSSR count). The Hall–Kier alpha value is -0.870. The first kappa shape index (κ1) is 8.72. The number of aliphatic hydroxyl groups is 1. The average molecular weight is 181 g/mol. The third-order valence-corrected chi connectivity index (χ3v) is 2.19. The summed E-state index contributed by atoms with van der Waals surface area (Å²) in [6.45, 7) is 1.64. The zero-order valence-electron chi connectivity index (χ0n) is 7.61. The molecule has 0 aromatic carbocycles. The van der Waals surface area contributed by atoms with Gasteiger partial charge in [0, 0.05) is 24.3 Å². The summed E-state index contributed by atoms with van der Waals surface area (Å²) in [5.41, 5.74) is 1.19. The molecule has 1 heterocycles. The molecule has 0 amide bonds. The Labute approximate surface area is 77.6 Å². The highest BCUT2D eigenvalue weighted by Crippen LogP contribution is 2.19. The Bertz CT molecular complexity index is 268. The van der Waals surface area contributed by atoms with Crippen LogP contribution in [0.4, 0.5) is 0 Å². The number of rotatable bonds is 5. The molecule has 72 valence electrons. The predicted molar refractivity (Wildman–Crippen MR) is 49.2 cm³/mol. The van der Waals surface area contributed by atoms with Crippen molar-refractivity contribution in [2.45, 2.75) is 32.0 Å². The molecule has 1 saturated carbocycles. The molecule has 1 fully saturated rings. The maximum absolute atomic E-state index is 8.68. The molecule has 1 aromatic rings. The molecule has 0 bridgehead atoms. The fourth-order valence-electron chi connectivity index (χ4n) is 1.27. The molecule has 0 aliphatic heterocycles. The maximum atomic E-state index is 8.68. The van der Waals surface area contributed by atoms with Gasteiger partial charge in [-0.1, -0.05) is 0 Å². The van der Waals surface area contributed by atoms with Crippen molar-refractivity contribution in [2.75, 3.05) is 6.61 Å². The normalized spacial score (nSPS) is 16.4. The van der Waals surface area contributed by atoms with Gasteiger partial charge in [0.1, 0.15) is 0 Å². The first-order valence-electron chi connectivity index (χ1n) is 4.74. The average Bonchev–Trinajstić information content (AvgIpc) is 2.85. The van der Waals surface area contributed by atoms with Gasteiger partial charge in [-0.3, -0.25) is 4.68 Å². The Kier molecular flexibility index (Phi) is 2.61. The number of aromatic nitrogens is 2. The summed E-state index contributed by atoms with van der Waals surface area (Å²) in [6.07, 6.45) is 6.45. The molecule has 1 aliphatic carbocycles. The fraction of sp³-hybridized carbons (Fsp3) is 0.667. The van der Waals surface area contributed by atoms with Crippen molar-refractivity contribution in [3.63, 3.8) is 0 Å². The highest BCUT2D eigenvalue weighted by Gasteiger charge is 2.19. The van der Waals surface area contributed by atoms with Crippen molar-refractivity contribution >= 4 is 0 Å². The second-order valence-corrected chi connectivity index (χ2v) is 3.49. The van der Waals surface area contributed by atoms with Crippen LogP contribution in [0.2, 0.25) is 0 Å². The fourth-order valence-corrected chi connectivity index (χ4v) is 1.27. The summed E-state index contributed by atoms with van der Waals surface area (Å²) in [5.74, 6) is 0. The highest BCUT2D eigenvalue weighted by atomic mass is 16.3. The molecule has 0 spiro atoms. The van der Waals surface area contributed by atoms with Crippen LogP contribution in [-0.4, -0.2) is 27.5 Å². The van der Waals surface area contributed by atoms with Gasteiger partial charge >= 0.3 is 0 Å². The van der Waals surface area contributed by atoms with Crippen LogP contribution in [0.15, 0.2) is 12.4 Å². The van der Waals surface area contributed by atoms with Crippen molar-refractivity contribution in [1.82, 2.24) is 15.1 Å². The van der Waals surface area contributed by atoms with Gasteiger partial charge in [0.2, 0.25) is 0 Å². The lowest BCUT2D eigenvalue weighted by Gasteiger charge is -1.98. The van der Waals surface area contributed by atoms with Crippen LogP contribution in [0, 0.1) is 0 Å². The largest absolute Gasteiger partial charge is 0.394 e. The van der Waals surface area contributed by atoms with E-state index in [1.54, 1.807) is 4.68 Å². The molecule has 2 N–H and O–H groups in total. The van der Waals surface area contributed by atoms with Crippen LogP contribution >= 0.6 is 0 Å². The lowest BCUT2D eigenvalue weighted by Crippen LogP contribution is -2.14. The van der Waals surface area contributed by atoms with Crippen molar-refractivity contribution in [2.24, 2.45) is 0 Å². The number of hydrogen-bond donors (Lipinski definition) is 2. The Morgan fingerprint density at radius 1 is 1.62 bits per heavy atom. The molecule has 0 unspecified atom stereocenters. The molecule has 0 radical (unpaired) electrons. The second kappa shape index (κ2) is 3.89. The van der Waals surface area contributed by atoms with E-state index in [9.17, 15) is 0 Å². The van der Waals surface area contributed by atoms with E-state index in [4.69, 9.17) is 5.11 Å². The Morgan fingerprint density at radius 3 is 3.15 bits per heavy atom. The molecule has 0 saturated heterocycles. The lowest BCUT2D eigenvalue weighted by atomic mass is 10.3. The van der Waals surface area contributed by atoms with Crippen molar-refractivity contribution in [3.8, 4) is 0 Å². The lowest BCUT2D eigenvalue weighted by molar-refractivity contribution is 0.269. The van der Waals surface area contributed by atoms with E-state index in [1.807, 2.05) is 12.4 Å². The standard InChI is InChI=1S/C9H15N3O/c13-4-3-12-7-8(6-11-12)5-10-9-1-2-9/h6-7,9-10,13H,1-5H2. The zero-order chi connectivity index (χ0) is 9.10. The Morgan fingerprint density at radius 2 is 2.46 bits per heavy atom. The summed E-state index contributed by atoms with van der Waals surface area (Å²) < 4.78 is 1.77. The van der Waals surface area contributed by atoms with Gasteiger partial charge in [-0.2, -0.15) is 5.10 Å². The smallest absolute Gasteiger partial charge is 0.0640 e. The molecule has 0 atom stereocenters. The summed E-state index contributed by atoms with van der Waals surface area (Å²) in [7, 11) is 0. The molecule has 1 aliphatic rings. The van der Waals surface area contributed by atoms with Crippen LogP contribution in [-0.2, 0) is 13.1 Å². The molecular weight excluding hydrogens is 166 g/mol. The van der Waals surface area contributed by atoms with E-state index in [2.05, 4.69) is 10.4 Å². The second-order valence-electron chi connectivity index (χ2n) is 3.49. The van der Waals surface area contributed by atoms with Gasteiger partial charge in [-0.15, -0.1) is 0 Å². The third-order valence-electron chi connectivity index (χ3n) is 2.19. The van der Waals surface area contributed by atoms with Crippen LogP contribution in [0.5, 0.6) is 0 Å². The van der Waals surface area contributed by atoms with E-state index in [1.165, 1.54) is 18.4 Å². The summed E-state index contributed by atoms with van der Waals surface area (Å²) in [6, 6.07) is 0.737. The van der Waals surface area contributed by atoms with Gasteiger partial charge in [0.05, 0.1) is 19.3 Å². The van der Waals surface area contributed by atoms with Gasteiger partial charge < -0.3 is 10.4 Å². The minimum Gasteiger partial charge on any atom is -0.394 e. The quantitative estimate of drug-likeness (QED) is 0.678. The van der Waals surface area contributed by atoms with Crippen molar-refractivity contribution in [3.05, 3.63) is 18.0 Å². The molecule has 1 aromatic heterocycles. The summed E-state index contributed by atoms with van der Waals surface area (Å²) in [4.78, 5) is 0. The maximum Gasteiger partial charge on any atom is 0.0640 e. The van der Waals surface area contributed by atoms with E-state index in [0.29, 0.717) is 6.54 Å². The number of nitrogens with zero attached hydrogens (tertiary/aromatic N) is 2. The number of nitrogens with one attached hydrogen (secondary N) is 1. The van der Waals surface area contributed by atoms with Gasteiger partial charge in [-0.05, 0) is 12.8 Å². The van der Waals surface area contributed by atoms with Gasteiger partial charge in [0.15, 0.2) is 0 Å². The first-order valence-corrected chi connectivity index (χ1v) is 4.74. The molecular formula is C9H15N3O. The SMILES string of the molecule is OCCn1cc(CNC2CC2)cn1. The minimum absolute atomic E-state index is 0.150. The van der Waals surface area contributed by atoms with Crippen molar-refractivity contribution < 1.29 is 5.11 Å². The third kappa shape index (κ3) is 2.54. The van der Waals surface area contributed by atoms with E-state index >= 15 is 0 Å². The predicted octanol–water partition coefficient (Wildman–Crippen LogP) is 0.127. The molecule has 4 nitrogen and oxygen atoms in total. The summed E-state index contributed by atoms with van der Waals surface area (Å²) >= 11 is 0. The van der Waals surface area contributed by atoms with E-state index < -0.39 is 0 Å². The van der Waals surface area contributed by atoms with Crippen LogP contribution < -0.4 is 5.32 Å². The van der Waals surface area contributed by atoms with Crippen LogP contribution in [0.3, 0.4) is 0 Å². The summed E-state index contributed by atoms with van der Waals surface area (Å²) in [5, 5.41) is 16.2. The topological polar surface area (TPSA) is 50.1 Å². The molecule has 13 heavy (non-hydrogen) atoms. The van der Waals surface area contributed by atoms with E-state index in [0.717, 1.165) is 12.6 Å².